The zero-order valence-corrected chi connectivity index (χ0v) is 43.4. The van der Waals surface area contributed by atoms with E-state index in [2.05, 4.69) is 227 Å². The van der Waals surface area contributed by atoms with Gasteiger partial charge in [0.15, 0.2) is 0 Å². The van der Waals surface area contributed by atoms with Crippen molar-refractivity contribution < 1.29 is 0 Å². The highest BCUT2D eigenvalue weighted by atomic mass is 32.2. The normalized spacial score (nSPS) is 16.6. The lowest BCUT2D eigenvalue weighted by atomic mass is 9.81. The van der Waals surface area contributed by atoms with Crippen molar-refractivity contribution in [1.29, 1.82) is 0 Å². The SMILES string of the molecule is CCC(C)C1=CCC2(C)Sc3ccc(-c4ccc5sc6ccccc6c5c4)cc3C2=C1.Cc1ccccc1-c1cc(-c2ccc3c(c2)c2ccccc2n3C2=Cc3c(sc4ccccc34)CC2)ccc1C. The van der Waals surface area contributed by atoms with Gasteiger partial charge in [-0.05, 0) is 186 Å². The number of benzene rings is 8. The maximum atomic E-state index is 2.51. The van der Waals surface area contributed by atoms with Crippen LogP contribution in [0.4, 0.5) is 0 Å². The number of para-hydroxylation sites is 1. The standard InChI is InChI=1S/C38H29NS.C29H26S2/c1-24-9-3-4-10-29(24)32-21-26(16-15-25(32)2)27-17-19-36-33(22-27)30-11-5-7-13-35(30)39(36)28-18-20-38-34(23-28)31-12-6-8-14-37(31)40-38;1-4-18(2)19-13-14-29(3)25(17-19)24-16-21(10-12-28(24)31-29)20-9-11-27-23(15-20)22-7-5-6-8-26(22)30-27/h3-17,19,21-23H,18,20H2,1-2H3;5-13,15-18H,4,14H2,1-3H3. The van der Waals surface area contributed by atoms with E-state index in [0.29, 0.717) is 5.92 Å². The van der Waals surface area contributed by atoms with Gasteiger partial charge in [-0.2, -0.15) is 0 Å². The summed E-state index contributed by atoms with van der Waals surface area (Å²) in [7, 11) is 0. The number of allylic oxidation sites excluding steroid dienone is 4. The molecule has 0 bridgehead atoms. The minimum absolute atomic E-state index is 0.172. The van der Waals surface area contributed by atoms with Gasteiger partial charge in [-0.1, -0.05) is 135 Å². The molecular formula is C67H55NS3. The lowest BCUT2D eigenvalue weighted by molar-refractivity contribution is 0.656. The molecule has 2 atom stereocenters. The van der Waals surface area contributed by atoms with Crippen LogP contribution in [0.5, 0.6) is 0 Å². The van der Waals surface area contributed by atoms with Crippen LogP contribution < -0.4 is 0 Å². The Morgan fingerprint density at radius 1 is 0.535 bits per heavy atom. The molecule has 2 aliphatic carbocycles. The van der Waals surface area contributed by atoms with Crippen molar-refractivity contribution in [2.45, 2.75) is 69.9 Å². The predicted molar refractivity (Wildman–Crippen MR) is 313 cm³/mol. The summed E-state index contributed by atoms with van der Waals surface area (Å²) in [6.45, 7) is 11.5. The van der Waals surface area contributed by atoms with Crippen molar-refractivity contribution >= 4 is 104 Å². The third-order valence-corrected chi connectivity index (χ3v) is 19.5. The van der Waals surface area contributed by atoms with Crippen molar-refractivity contribution in [2.75, 3.05) is 0 Å². The Balaban J connectivity index is 0.000000143. The first-order valence-corrected chi connectivity index (χ1v) is 27.8. The highest BCUT2D eigenvalue weighted by molar-refractivity contribution is 8.01. The first-order valence-electron chi connectivity index (χ1n) is 25.3. The molecule has 2 unspecified atom stereocenters. The quantitative estimate of drug-likeness (QED) is 0.161. The monoisotopic (exact) mass is 969 g/mol. The summed E-state index contributed by atoms with van der Waals surface area (Å²) < 4.78 is 6.81. The van der Waals surface area contributed by atoms with E-state index in [1.54, 1.807) is 0 Å². The van der Waals surface area contributed by atoms with E-state index >= 15 is 0 Å². The van der Waals surface area contributed by atoms with E-state index in [-0.39, 0.29) is 4.75 Å². The van der Waals surface area contributed by atoms with Crippen molar-refractivity contribution in [2.24, 2.45) is 5.92 Å². The minimum Gasteiger partial charge on any atom is -0.313 e. The van der Waals surface area contributed by atoms with Crippen LogP contribution in [0.3, 0.4) is 0 Å². The molecule has 1 aliphatic heterocycles. The molecule has 346 valence electrons. The lowest BCUT2D eigenvalue weighted by Gasteiger charge is -2.29. The molecule has 0 saturated heterocycles. The molecule has 14 rings (SSSR count). The molecule has 71 heavy (non-hydrogen) atoms. The Bertz CT molecular complexity index is 4050. The number of thioether (sulfide) groups is 1. The molecular weight excluding hydrogens is 915 g/mol. The van der Waals surface area contributed by atoms with Gasteiger partial charge >= 0.3 is 0 Å². The smallest absolute Gasteiger partial charge is 0.0538 e. The molecule has 0 spiro atoms. The van der Waals surface area contributed by atoms with E-state index in [9.17, 15) is 0 Å². The Morgan fingerprint density at radius 3 is 1.97 bits per heavy atom. The molecule has 0 N–H and O–H groups in total. The second-order valence-electron chi connectivity index (χ2n) is 20.1. The van der Waals surface area contributed by atoms with Gasteiger partial charge in [0.05, 0.1) is 11.0 Å². The van der Waals surface area contributed by atoms with E-state index < -0.39 is 0 Å². The lowest BCUT2D eigenvalue weighted by Crippen LogP contribution is -2.20. The molecule has 3 aliphatic rings. The molecule has 0 saturated carbocycles. The molecule has 8 aromatic carbocycles. The topological polar surface area (TPSA) is 4.93 Å². The minimum atomic E-state index is 0.172. The maximum absolute atomic E-state index is 2.51. The first-order chi connectivity index (χ1) is 34.7. The van der Waals surface area contributed by atoms with Gasteiger partial charge in [-0.15, -0.1) is 34.4 Å². The number of hydrogen-bond donors (Lipinski definition) is 0. The number of hydrogen-bond acceptors (Lipinski definition) is 3. The van der Waals surface area contributed by atoms with Crippen LogP contribution in [-0.2, 0) is 6.42 Å². The average molecular weight is 970 g/mol. The summed E-state index contributed by atoms with van der Waals surface area (Å²) in [6.07, 6.45) is 11.9. The third-order valence-electron chi connectivity index (χ3n) is 15.7. The molecule has 4 heteroatoms. The summed E-state index contributed by atoms with van der Waals surface area (Å²) in [4.78, 5) is 2.94. The Hall–Kier alpha value is -6.69. The zero-order valence-electron chi connectivity index (χ0n) is 41.0. The largest absolute Gasteiger partial charge is 0.313 e. The van der Waals surface area contributed by atoms with Crippen LogP contribution in [0.2, 0.25) is 0 Å². The van der Waals surface area contributed by atoms with Crippen LogP contribution in [0, 0.1) is 19.8 Å². The van der Waals surface area contributed by atoms with Crippen molar-refractivity contribution in [3.63, 3.8) is 0 Å². The Morgan fingerprint density at radius 2 is 1.15 bits per heavy atom. The van der Waals surface area contributed by atoms with Crippen LogP contribution in [0.15, 0.2) is 192 Å². The van der Waals surface area contributed by atoms with Crippen LogP contribution >= 0.6 is 34.4 Å². The fraction of sp³-hybridized carbons (Fsp3) is 0.164. The predicted octanol–water partition coefficient (Wildman–Crippen LogP) is 20.2. The summed E-state index contributed by atoms with van der Waals surface area (Å²) >= 11 is 5.88. The van der Waals surface area contributed by atoms with Gasteiger partial charge < -0.3 is 4.57 Å². The van der Waals surface area contributed by atoms with Gasteiger partial charge in [-0.3, -0.25) is 0 Å². The van der Waals surface area contributed by atoms with E-state index in [1.165, 1.54) is 141 Å². The molecule has 1 nitrogen and oxygen atoms in total. The van der Waals surface area contributed by atoms with Crippen LogP contribution in [-0.4, -0.2) is 9.31 Å². The summed E-state index contributed by atoms with van der Waals surface area (Å²) in [5, 5.41) is 6.75. The average Bonchev–Trinajstić information content (AvgIpc) is 4.15. The summed E-state index contributed by atoms with van der Waals surface area (Å²) in [6, 6.07) is 63.2. The fourth-order valence-corrected chi connectivity index (χ4v) is 15.2. The van der Waals surface area contributed by atoms with Crippen LogP contribution in [0.25, 0.3) is 103 Å². The third kappa shape index (κ3) is 7.57. The molecule has 4 heterocycles. The van der Waals surface area contributed by atoms with Crippen molar-refractivity contribution in [3.8, 4) is 33.4 Å². The first kappa shape index (κ1) is 44.3. The Labute approximate surface area is 429 Å². The van der Waals surface area contributed by atoms with E-state index in [4.69, 9.17) is 0 Å². The molecule has 3 aromatic heterocycles. The summed E-state index contributed by atoms with van der Waals surface area (Å²) in [5.41, 5.74) is 20.2. The number of rotatable bonds is 6. The van der Waals surface area contributed by atoms with Crippen molar-refractivity contribution in [3.05, 3.63) is 215 Å². The fourth-order valence-electron chi connectivity index (χ4n) is 11.5. The summed E-state index contributed by atoms with van der Waals surface area (Å²) in [5.74, 6) is 0.628. The van der Waals surface area contributed by atoms with Gasteiger partial charge in [0.25, 0.3) is 0 Å². The highest BCUT2D eigenvalue weighted by Gasteiger charge is 2.40. The van der Waals surface area contributed by atoms with Gasteiger partial charge in [0, 0.05) is 61.2 Å². The number of thiophene rings is 2. The maximum Gasteiger partial charge on any atom is 0.0538 e. The zero-order chi connectivity index (χ0) is 48.0. The number of aromatic nitrogens is 1. The van der Waals surface area contributed by atoms with Gasteiger partial charge in [0.2, 0.25) is 0 Å². The number of fused-ring (bicyclic) bond motifs is 12. The van der Waals surface area contributed by atoms with Crippen LogP contribution in [0.1, 0.15) is 67.2 Å². The second kappa shape index (κ2) is 17.6. The molecule has 0 radical (unpaired) electrons. The number of nitrogens with zero attached hydrogens (tertiary/aromatic N) is 1. The number of aryl methyl sites for hydroxylation is 3. The molecule has 0 amide bonds. The molecule has 0 fully saturated rings. The van der Waals surface area contributed by atoms with Gasteiger partial charge in [-0.25, -0.2) is 0 Å². The Kier molecular flexibility index (Phi) is 10.9. The molecule has 11 aromatic rings. The van der Waals surface area contributed by atoms with E-state index in [0.717, 1.165) is 19.3 Å². The highest BCUT2D eigenvalue weighted by Crippen LogP contribution is 2.57. The van der Waals surface area contributed by atoms with Gasteiger partial charge in [0.1, 0.15) is 0 Å². The van der Waals surface area contributed by atoms with Crippen molar-refractivity contribution in [1.82, 2.24) is 4.57 Å². The van der Waals surface area contributed by atoms with E-state index in [1.807, 2.05) is 34.4 Å². The second-order valence-corrected chi connectivity index (χ2v) is 23.9.